The number of carbonyl (C=O) groups is 3. The maximum atomic E-state index is 13.4. The number of carbonyl (C=O) groups excluding carboxylic acids is 3. The zero-order chi connectivity index (χ0) is 27.2. The number of aromatic nitrogens is 2. The van der Waals surface area contributed by atoms with Gasteiger partial charge in [-0.2, -0.15) is 0 Å². The van der Waals surface area contributed by atoms with Gasteiger partial charge in [-0.25, -0.2) is 4.98 Å². The van der Waals surface area contributed by atoms with E-state index >= 15 is 0 Å². The number of piperidine rings is 1. The fraction of sp³-hybridized carbons (Fsp3) is 0.655. The van der Waals surface area contributed by atoms with Crippen LogP contribution in [0.3, 0.4) is 0 Å². The molecule has 1 aromatic carbocycles. The number of benzene rings is 1. The summed E-state index contributed by atoms with van der Waals surface area (Å²) in [6.07, 6.45) is 5.73. The minimum absolute atomic E-state index is 0.0485. The topological polar surface area (TPSA) is 104 Å². The Balaban J connectivity index is 1.77. The summed E-state index contributed by atoms with van der Waals surface area (Å²) < 4.78 is 5.48. The highest BCUT2D eigenvalue weighted by Gasteiger charge is 2.29. The van der Waals surface area contributed by atoms with Crippen molar-refractivity contribution in [3.8, 4) is 0 Å². The number of hydrogen-bond acceptors (Lipinski definition) is 5. The zero-order valence-corrected chi connectivity index (χ0v) is 23.4. The summed E-state index contributed by atoms with van der Waals surface area (Å²) in [5, 5.41) is 3.14. The lowest BCUT2D eigenvalue weighted by atomic mass is 9.95. The maximum Gasteiger partial charge on any atom is 0.307 e. The third-order valence-corrected chi connectivity index (χ3v) is 6.76. The normalized spacial score (nSPS) is 16.0. The number of nitrogens with one attached hydrogen (secondary N) is 2. The molecular weight excluding hydrogens is 468 g/mol. The molecule has 1 aliphatic rings. The van der Waals surface area contributed by atoms with Crippen molar-refractivity contribution in [3.63, 3.8) is 0 Å². The average Bonchev–Trinajstić information content (AvgIpc) is 3.26. The molecule has 2 N–H and O–H groups in total. The number of likely N-dealkylation sites (tertiary alicyclic amines) is 1. The van der Waals surface area contributed by atoms with E-state index in [1.165, 1.54) is 6.42 Å². The van der Waals surface area contributed by atoms with Crippen molar-refractivity contribution in [1.29, 1.82) is 0 Å². The number of rotatable bonds is 10. The molecule has 0 saturated carbocycles. The summed E-state index contributed by atoms with van der Waals surface area (Å²) in [5.41, 5.74) is 1.58. The Morgan fingerprint density at radius 2 is 1.84 bits per heavy atom. The maximum absolute atomic E-state index is 13.4. The molecule has 1 aliphatic heterocycles. The zero-order valence-electron chi connectivity index (χ0n) is 23.4. The van der Waals surface area contributed by atoms with Crippen LogP contribution < -0.4 is 5.32 Å². The highest BCUT2D eigenvalue weighted by atomic mass is 16.6. The minimum atomic E-state index is -0.591. The molecule has 1 saturated heterocycles. The summed E-state index contributed by atoms with van der Waals surface area (Å²) >= 11 is 0. The Hall–Kier alpha value is -2.90. The standard InChI is InChI=1S/C29H44N4O4/c1-7-8-12-20(18-24(34)37-29(4,5)6)27(35)32-25(19(2)3)26-30-22-14-13-21(17-23(22)31-26)28(36)33-15-10-9-11-16-33/h13-14,17,19-20,25H,7-12,15-16,18H2,1-6H3,(H,30,31)(H,32,35)/t20-,25+/m1/s1. The van der Waals surface area contributed by atoms with Gasteiger partial charge < -0.3 is 19.9 Å². The van der Waals surface area contributed by atoms with Gasteiger partial charge in [-0.05, 0) is 70.6 Å². The summed E-state index contributed by atoms with van der Waals surface area (Å²) in [7, 11) is 0. The van der Waals surface area contributed by atoms with Gasteiger partial charge in [-0.1, -0.05) is 33.6 Å². The van der Waals surface area contributed by atoms with Crippen LogP contribution in [0.4, 0.5) is 0 Å². The monoisotopic (exact) mass is 512 g/mol. The van der Waals surface area contributed by atoms with Crippen molar-refractivity contribution >= 4 is 28.8 Å². The van der Waals surface area contributed by atoms with Gasteiger partial charge in [-0.3, -0.25) is 14.4 Å². The lowest BCUT2D eigenvalue weighted by Crippen LogP contribution is -2.38. The molecule has 0 aliphatic carbocycles. The van der Waals surface area contributed by atoms with E-state index in [1.54, 1.807) is 0 Å². The molecule has 2 amide bonds. The van der Waals surface area contributed by atoms with E-state index in [1.807, 2.05) is 57.7 Å². The lowest BCUT2D eigenvalue weighted by molar-refractivity contribution is -0.157. The van der Waals surface area contributed by atoms with Crippen molar-refractivity contribution in [3.05, 3.63) is 29.6 Å². The van der Waals surface area contributed by atoms with Gasteiger partial charge in [0, 0.05) is 24.6 Å². The molecule has 2 atom stereocenters. The molecule has 2 heterocycles. The molecule has 0 bridgehead atoms. The van der Waals surface area contributed by atoms with Crippen molar-refractivity contribution in [2.45, 2.75) is 98.1 Å². The molecule has 2 aromatic rings. The number of esters is 1. The smallest absolute Gasteiger partial charge is 0.307 e. The van der Waals surface area contributed by atoms with Crippen LogP contribution in [0.2, 0.25) is 0 Å². The molecule has 1 fully saturated rings. The number of aromatic amines is 1. The predicted molar refractivity (Wildman–Crippen MR) is 145 cm³/mol. The number of fused-ring (bicyclic) bond motifs is 1. The van der Waals surface area contributed by atoms with Crippen LogP contribution in [0.15, 0.2) is 18.2 Å². The third kappa shape index (κ3) is 8.04. The number of ether oxygens (including phenoxy) is 1. The van der Waals surface area contributed by atoms with Crippen LogP contribution in [0.5, 0.6) is 0 Å². The summed E-state index contributed by atoms with van der Waals surface area (Å²) in [5.74, 6) is -0.236. The molecule has 204 valence electrons. The predicted octanol–water partition coefficient (Wildman–Crippen LogP) is 5.54. The molecule has 0 unspecified atom stereocenters. The fourth-order valence-corrected chi connectivity index (χ4v) is 4.77. The van der Waals surface area contributed by atoms with Gasteiger partial charge in [0.1, 0.15) is 11.4 Å². The number of H-pyrrole nitrogens is 1. The Morgan fingerprint density at radius 1 is 1.14 bits per heavy atom. The average molecular weight is 513 g/mol. The molecule has 0 radical (unpaired) electrons. The summed E-state index contributed by atoms with van der Waals surface area (Å²) in [6, 6.07) is 5.19. The number of unbranched alkanes of at least 4 members (excludes halogenated alkanes) is 1. The quantitative estimate of drug-likeness (QED) is 0.407. The van der Waals surface area contributed by atoms with Crippen LogP contribution in [0.25, 0.3) is 11.0 Å². The van der Waals surface area contributed by atoms with E-state index in [4.69, 9.17) is 9.72 Å². The number of hydrogen-bond donors (Lipinski definition) is 2. The second-order valence-corrected chi connectivity index (χ2v) is 11.6. The molecule has 8 nitrogen and oxygen atoms in total. The van der Waals surface area contributed by atoms with E-state index in [2.05, 4.69) is 17.2 Å². The van der Waals surface area contributed by atoms with Crippen LogP contribution in [-0.2, 0) is 14.3 Å². The van der Waals surface area contributed by atoms with Crippen molar-refractivity contribution in [2.75, 3.05) is 13.1 Å². The lowest BCUT2D eigenvalue weighted by Gasteiger charge is -2.26. The largest absolute Gasteiger partial charge is 0.460 e. The number of amides is 2. The second-order valence-electron chi connectivity index (χ2n) is 11.6. The highest BCUT2D eigenvalue weighted by Crippen LogP contribution is 2.26. The third-order valence-electron chi connectivity index (χ3n) is 6.76. The van der Waals surface area contributed by atoms with E-state index in [0.29, 0.717) is 17.8 Å². The van der Waals surface area contributed by atoms with Crippen molar-refractivity contribution in [1.82, 2.24) is 20.2 Å². The Bertz CT molecular complexity index is 1080. The van der Waals surface area contributed by atoms with Crippen molar-refractivity contribution in [2.24, 2.45) is 11.8 Å². The minimum Gasteiger partial charge on any atom is -0.460 e. The molecule has 3 rings (SSSR count). The molecule has 0 spiro atoms. The van der Waals surface area contributed by atoms with Gasteiger partial charge in [0.15, 0.2) is 0 Å². The summed E-state index contributed by atoms with van der Waals surface area (Å²) in [6.45, 7) is 13.2. The molecule has 1 aromatic heterocycles. The fourth-order valence-electron chi connectivity index (χ4n) is 4.77. The van der Waals surface area contributed by atoms with E-state index in [0.717, 1.165) is 49.8 Å². The van der Waals surface area contributed by atoms with Crippen LogP contribution >= 0.6 is 0 Å². The number of nitrogens with zero attached hydrogens (tertiary/aromatic N) is 2. The Kier molecular flexibility index (Phi) is 9.74. The first kappa shape index (κ1) is 28.7. The van der Waals surface area contributed by atoms with Crippen LogP contribution in [-0.4, -0.2) is 51.3 Å². The van der Waals surface area contributed by atoms with Gasteiger partial charge in [0.2, 0.25) is 5.91 Å². The van der Waals surface area contributed by atoms with Gasteiger partial charge in [-0.15, -0.1) is 0 Å². The molecule has 8 heteroatoms. The van der Waals surface area contributed by atoms with Gasteiger partial charge in [0.25, 0.3) is 5.91 Å². The van der Waals surface area contributed by atoms with E-state index in [9.17, 15) is 14.4 Å². The SMILES string of the molecule is CCCC[C@H](CC(=O)OC(C)(C)C)C(=O)N[C@H](c1nc2ccc(C(=O)N3CCCCC3)cc2[nH]1)C(C)C. The van der Waals surface area contributed by atoms with Crippen LogP contribution in [0, 0.1) is 11.8 Å². The van der Waals surface area contributed by atoms with Crippen LogP contribution in [0.1, 0.15) is 109 Å². The van der Waals surface area contributed by atoms with E-state index < -0.39 is 11.5 Å². The first-order valence-corrected chi connectivity index (χ1v) is 13.8. The molecular formula is C29H44N4O4. The first-order valence-electron chi connectivity index (χ1n) is 13.8. The molecule has 37 heavy (non-hydrogen) atoms. The van der Waals surface area contributed by atoms with Gasteiger partial charge in [0.05, 0.1) is 23.5 Å². The Labute approximate surface area is 220 Å². The highest BCUT2D eigenvalue weighted by molar-refractivity contribution is 5.97. The van der Waals surface area contributed by atoms with Gasteiger partial charge >= 0.3 is 5.97 Å². The summed E-state index contributed by atoms with van der Waals surface area (Å²) in [4.78, 5) is 48.8. The number of imidazole rings is 1. The Morgan fingerprint density at radius 3 is 2.46 bits per heavy atom. The van der Waals surface area contributed by atoms with Crippen molar-refractivity contribution < 1.29 is 19.1 Å². The van der Waals surface area contributed by atoms with E-state index in [-0.39, 0.29) is 36.2 Å². The second kappa shape index (κ2) is 12.6. The first-order chi connectivity index (χ1) is 17.5.